The third-order valence-electron chi connectivity index (χ3n) is 4.99. The van der Waals surface area contributed by atoms with Gasteiger partial charge < -0.3 is 0 Å². The topological polar surface area (TPSA) is 34.1 Å². The van der Waals surface area contributed by atoms with E-state index in [0.29, 0.717) is 29.7 Å². The number of hydrogen-bond donors (Lipinski definition) is 0. The molecule has 0 rings (SSSR count). The Hall–Kier alpha value is 0.390. The van der Waals surface area contributed by atoms with Crippen LogP contribution in [0.15, 0.2) is 0 Å². The van der Waals surface area contributed by atoms with Gasteiger partial charge in [-0.2, -0.15) is 11.8 Å². The highest BCUT2D eigenvalue weighted by molar-refractivity contribution is 8.76. The molecular formula is C23H44O2S3. The van der Waals surface area contributed by atoms with E-state index in [1.54, 1.807) is 21.6 Å². The molecule has 0 aliphatic heterocycles. The van der Waals surface area contributed by atoms with Crippen LogP contribution >= 0.6 is 33.3 Å². The molecule has 0 aromatic heterocycles. The lowest BCUT2D eigenvalue weighted by molar-refractivity contribution is -0.119. The van der Waals surface area contributed by atoms with Crippen LogP contribution in [0, 0.1) is 0 Å². The summed E-state index contributed by atoms with van der Waals surface area (Å²) in [6.45, 7) is 4.46. The van der Waals surface area contributed by atoms with Crippen LogP contribution in [0.5, 0.6) is 0 Å². The van der Waals surface area contributed by atoms with Crippen LogP contribution in [0.2, 0.25) is 0 Å². The lowest BCUT2D eigenvalue weighted by atomic mass is 10.1. The van der Waals surface area contributed by atoms with Crippen LogP contribution in [0.25, 0.3) is 0 Å². The van der Waals surface area contributed by atoms with Gasteiger partial charge in [0.25, 0.3) is 0 Å². The Morgan fingerprint density at radius 2 is 1.21 bits per heavy atom. The maximum atomic E-state index is 12.2. The van der Waals surface area contributed by atoms with Crippen molar-refractivity contribution in [1.29, 1.82) is 0 Å². The van der Waals surface area contributed by atoms with E-state index in [9.17, 15) is 9.59 Å². The van der Waals surface area contributed by atoms with Crippen molar-refractivity contribution in [1.82, 2.24) is 0 Å². The van der Waals surface area contributed by atoms with E-state index >= 15 is 0 Å². The SMILES string of the molecule is CCCCCCCCC(=O)CCSSCCC(=O)C[C@H](CCCCCC)SC. The van der Waals surface area contributed by atoms with Gasteiger partial charge >= 0.3 is 0 Å². The van der Waals surface area contributed by atoms with Gasteiger partial charge in [-0.1, -0.05) is 93.2 Å². The highest BCUT2D eigenvalue weighted by Gasteiger charge is 2.12. The van der Waals surface area contributed by atoms with Crippen LogP contribution in [-0.4, -0.2) is 34.6 Å². The number of carbonyl (C=O) groups excluding carboxylic acids is 2. The summed E-state index contributed by atoms with van der Waals surface area (Å²) in [5, 5.41) is 0.501. The molecule has 28 heavy (non-hydrogen) atoms. The molecule has 0 saturated carbocycles. The van der Waals surface area contributed by atoms with Crippen molar-refractivity contribution in [2.24, 2.45) is 0 Å². The Labute approximate surface area is 187 Å². The van der Waals surface area contributed by atoms with Crippen molar-refractivity contribution < 1.29 is 9.59 Å². The van der Waals surface area contributed by atoms with Gasteiger partial charge in [0, 0.05) is 42.4 Å². The quantitative estimate of drug-likeness (QED) is 0.123. The van der Waals surface area contributed by atoms with Crippen LogP contribution in [0.1, 0.15) is 110 Å². The normalized spacial score (nSPS) is 12.2. The fourth-order valence-electron chi connectivity index (χ4n) is 3.11. The third kappa shape index (κ3) is 19.7. The minimum absolute atomic E-state index is 0.405. The van der Waals surface area contributed by atoms with E-state index < -0.39 is 0 Å². The van der Waals surface area contributed by atoms with E-state index in [-0.39, 0.29) is 0 Å². The average molecular weight is 449 g/mol. The second-order valence-electron chi connectivity index (χ2n) is 7.65. The largest absolute Gasteiger partial charge is 0.300 e. The molecule has 0 radical (unpaired) electrons. The van der Waals surface area contributed by atoms with Gasteiger partial charge in [-0.15, -0.1) is 0 Å². The molecule has 166 valence electrons. The summed E-state index contributed by atoms with van der Waals surface area (Å²) >= 11 is 1.85. The van der Waals surface area contributed by atoms with Gasteiger partial charge in [-0.05, 0) is 19.1 Å². The molecule has 0 aromatic rings. The fourth-order valence-corrected chi connectivity index (χ4v) is 5.93. The van der Waals surface area contributed by atoms with E-state index in [4.69, 9.17) is 0 Å². The average Bonchev–Trinajstić information content (AvgIpc) is 2.69. The zero-order chi connectivity index (χ0) is 20.9. The number of hydrogen-bond acceptors (Lipinski definition) is 5. The van der Waals surface area contributed by atoms with Gasteiger partial charge in [0.2, 0.25) is 0 Å². The standard InChI is InChI=1S/C23H44O2S3/c1-4-6-8-10-11-12-14-21(24)16-18-27-28-19-17-22(25)20-23(26-3)15-13-9-7-5-2/h23H,4-20H2,1-3H3/t23-/m0/s1. The molecule has 0 fully saturated rings. The summed E-state index contributed by atoms with van der Waals surface area (Å²) < 4.78 is 0. The summed E-state index contributed by atoms with van der Waals surface area (Å²) in [6, 6.07) is 0. The lowest BCUT2D eigenvalue weighted by Gasteiger charge is -2.13. The number of unbranched alkanes of at least 4 members (excludes halogenated alkanes) is 8. The molecule has 0 unspecified atom stereocenters. The summed E-state index contributed by atoms with van der Waals surface area (Å²) in [7, 11) is 3.51. The molecular weight excluding hydrogens is 404 g/mol. The van der Waals surface area contributed by atoms with E-state index in [2.05, 4.69) is 20.1 Å². The Kier molecular flexibility index (Phi) is 22.4. The number of thioether (sulfide) groups is 1. The maximum Gasteiger partial charge on any atom is 0.134 e. The summed E-state index contributed by atoms with van der Waals surface area (Å²) in [4.78, 5) is 24.0. The van der Waals surface area contributed by atoms with Gasteiger partial charge in [0.1, 0.15) is 11.6 Å². The zero-order valence-corrected chi connectivity index (χ0v) is 21.1. The molecule has 0 amide bonds. The van der Waals surface area contributed by atoms with Gasteiger partial charge in [0.05, 0.1) is 0 Å². The van der Waals surface area contributed by atoms with Crippen molar-refractivity contribution in [3.8, 4) is 0 Å². The maximum absolute atomic E-state index is 12.2. The van der Waals surface area contributed by atoms with Crippen LogP contribution in [0.4, 0.5) is 0 Å². The number of ketones is 2. The first kappa shape index (κ1) is 28.4. The third-order valence-corrected chi connectivity index (χ3v) is 8.47. The highest BCUT2D eigenvalue weighted by atomic mass is 33.1. The van der Waals surface area contributed by atoms with Gasteiger partial charge in [0.15, 0.2) is 0 Å². The monoisotopic (exact) mass is 448 g/mol. The molecule has 0 N–H and O–H groups in total. The van der Waals surface area contributed by atoms with Crippen molar-refractivity contribution >= 4 is 44.9 Å². The molecule has 0 spiro atoms. The Morgan fingerprint density at radius 3 is 1.82 bits per heavy atom. The van der Waals surface area contributed by atoms with Crippen LogP contribution < -0.4 is 0 Å². The highest BCUT2D eigenvalue weighted by Crippen LogP contribution is 2.25. The summed E-state index contributed by atoms with van der Waals surface area (Å²) in [5.41, 5.74) is 0. The summed E-state index contributed by atoms with van der Waals surface area (Å²) in [6.07, 6.45) is 18.7. The molecule has 0 heterocycles. The van der Waals surface area contributed by atoms with Crippen molar-refractivity contribution in [2.75, 3.05) is 17.8 Å². The first-order chi connectivity index (χ1) is 13.6. The first-order valence-electron chi connectivity index (χ1n) is 11.4. The molecule has 0 aliphatic carbocycles. The molecule has 0 aliphatic rings. The number of rotatable bonds is 22. The van der Waals surface area contributed by atoms with Crippen molar-refractivity contribution in [3.05, 3.63) is 0 Å². The van der Waals surface area contributed by atoms with Crippen molar-refractivity contribution in [2.45, 2.75) is 115 Å². The molecule has 5 heteroatoms. The molecule has 0 saturated heterocycles. The molecule has 0 bridgehead atoms. The van der Waals surface area contributed by atoms with E-state index in [1.807, 2.05) is 11.8 Å². The van der Waals surface area contributed by atoms with Crippen LogP contribution in [-0.2, 0) is 9.59 Å². The lowest BCUT2D eigenvalue weighted by Crippen LogP contribution is -2.11. The van der Waals surface area contributed by atoms with E-state index in [1.165, 1.54) is 64.2 Å². The second kappa shape index (κ2) is 22.1. The fraction of sp³-hybridized carbons (Fsp3) is 0.913. The Bertz CT molecular complexity index is 375. The first-order valence-corrected chi connectivity index (χ1v) is 15.2. The zero-order valence-electron chi connectivity index (χ0n) is 18.6. The van der Waals surface area contributed by atoms with Crippen LogP contribution in [0.3, 0.4) is 0 Å². The number of Topliss-reactive ketones (excluding diaryl/α,β-unsaturated/α-hetero) is 2. The molecule has 2 nitrogen and oxygen atoms in total. The minimum Gasteiger partial charge on any atom is -0.300 e. The predicted molar refractivity (Wildman–Crippen MR) is 133 cm³/mol. The second-order valence-corrected chi connectivity index (χ2v) is 11.5. The Balaban J connectivity index is 3.52. The molecule has 1 atom stereocenters. The minimum atomic E-state index is 0.405. The Morgan fingerprint density at radius 1 is 0.679 bits per heavy atom. The molecule has 0 aromatic carbocycles. The number of carbonyl (C=O) groups is 2. The van der Waals surface area contributed by atoms with Crippen molar-refractivity contribution in [3.63, 3.8) is 0 Å². The van der Waals surface area contributed by atoms with E-state index in [0.717, 1.165) is 30.8 Å². The van der Waals surface area contributed by atoms with Gasteiger partial charge in [-0.25, -0.2) is 0 Å². The smallest absolute Gasteiger partial charge is 0.134 e. The summed E-state index contributed by atoms with van der Waals surface area (Å²) in [5.74, 6) is 2.58. The van der Waals surface area contributed by atoms with Gasteiger partial charge in [-0.3, -0.25) is 9.59 Å². The predicted octanol–water partition coefficient (Wildman–Crippen LogP) is 8.13.